The van der Waals surface area contributed by atoms with Crippen molar-refractivity contribution in [3.8, 4) is 0 Å². The minimum absolute atomic E-state index is 0.0460. The molecule has 0 bridgehead atoms. The third-order valence-corrected chi connectivity index (χ3v) is 5.09. The van der Waals surface area contributed by atoms with Crippen molar-refractivity contribution in [2.24, 2.45) is 5.73 Å². The number of hydrogen-bond donors (Lipinski definition) is 6. The Morgan fingerprint density at radius 2 is 1.86 bits per heavy atom. The number of para-hydroxylation sites is 1. The molecule has 6 N–H and O–H groups in total. The second-order valence-corrected chi connectivity index (χ2v) is 7.32. The molecule has 29 heavy (non-hydrogen) atoms. The number of carboxylic acids is 1. The summed E-state index contributed by atoms with van der Waals surface area (Å²) in [6, 6.07) is 4.91. The molecule has 2 aromatic rings. The van der Waals surface area contributed by atoms with E-state index in [2.05, 4.69) is 28.2 Å². The van der Waals surface area contributed by atoms with Gasteiger partial charge in [0.1, 0.15) is 12.1 Å². The van der Waals surface area contributed by atoms with E-state index in [0.717, 1.165) is 22.9 Å². The summed E-state index contributed by atoms with van der Waals surface area (Å²) in [6.45, 7) is 1.97. The fourth-order valence-corrected chi connectivity index (χ4v) is 3.29. The molecule has 9 heteroatoms. The van der Waals surface area contributed by atoms with Crippen LogP contribution in [0.5, 0.6) is 0 Å². The third-order valence-electron chi connectivity index (χ3n) is 4.73. The molecule has 0 radical (unpaired) electrons. The zero-order valence-corrected chi connectivity index (χ0v) is 17.2. The Morgan fingerprint density at radius 3 is 2.52 bits per heavy atom. The normalized spacial score (nSPS) is 14.2. The lowest BCUT2D eigenvalue weighted by molar-refractivity contribution is -0.141. The molecule has 1 aromatic heterocycles. The first-order valence-electron chi connectivity index (χ1n) is 9.62. The number of carbonyl (C=O) groups excluding carboxylic acids is 2. The summed E-state index contributed by atoms with van der Waals surface area (Å²) >= 11 is 3.94. The lowest BCUT2D eigenvalue weighted by atomic mass is 10.0. The minimum Gasteiger partial charge on any atom is -0.480 e. The lowest BCUT2D eigenvalue weighted by Gasteiger charge is -2.22. The number of benzene rings is 1. The van der Waals surface area contributed by atoms with Gasteiger partial charge in [0.2, 0.25) is 11.8 Å². The molecular formula is C20H28N4O4S. The zero-order chi connectivity index (χ0) is 21.4. The predicted molar refractivity (Wildman–Crippen MR) is 115 cm³/mol. The number of nitrogens with two attached hydrogens (primary N) is 1. The number of carbonyl (C=O) groups is 3. The molecule has 0 aliphatic heterocycles. The van der Waals surface area contributed by atoms with Gasteiger partial charge in [-0.2, -0.15) is 12.6 Å². The van der Waals surface area contributed by atoms with Crippen molar-refractivity contribution in [3.05, 3.63) is 36.0 Å². The van der Waals surface area contributed by atoms with Crippen LogP contribution in [0.25, 0.3) is 10.9 Å². The van der Waals surface area contributed by atoms with Crippen LogP contribution >= 0.6 is 12.6 Å². The molecule has 0 unspecified atom stereocenters. The molecule has 1 heterocycles. The molecule has 2 rings (SSSR count). The predicted octanol–water partition coefficient (Wildman–Crippen LogP) is 1.21. The molecule has 2 amide bonds. The fraction of sp³-hybridized carbons (Fsp3) is 0.450. The average Bonchev–Trinajstić information content (AvgIpc) is 3.11. The van der Waals surface area contributed by atoms with Gasteiger partial charge in [0.15, 0.2) is 0 Å². The van der Waals surface area contributed by atoms with Gasteiger partial charge in [-0.1, -0.05) is 38.0 Å². The van der Waals surface area contributed by atoms with Gasteiger partial charge in [0.25, 0.3) is 0 Å². The summed E-state index contributed by atoms with van der Waals surface area (Å²) in [7, 11) is 0. The first-order valence-corrected chi connectivity index (χ1v) is 10.3. The molecular weight excluding hydrogens is 392 g/mol. The molecule has 0 saturated heterocycles. The van der Waals surface area contributed by atoms with E-state index in [9.17, 15) is 14.4 Å². The molecule has 0 saturated carbocycles. The summed E-state index contributed by atoms with van der Waals surface area (Å²) in [5.74, 6) is -2.22. The molecule has 0 spiro atoms. The Kier molecular flexibility index (Phi) is 8.53. The zero-order valence-electron chi connectivity index (χ0n) is 16.4. The molecule has 0 aliphatic rings. The Balaban J connectivity index is 2.03. The maximum absolute atomic E-state index is 12.6. The summed E-state index contributed by atoms with van der Waals surface area (Å²) in [5, 5.41) is 15.2. The number of thiol groups is 1. The van der Waals surface area contributed by atoms with Gasteiger partial charge in [-0.15, -0.1) is 0 Å². The van der Waals surface area contributed by atoms with E-state index < -0.39 is 35.9 Å². The number of H-pyrrole nitrogens is 1. The van der Waals surface area contributed by atoms with Gasteiger partial charge in [-0.25, -0.2) is 4.79 Å². The number of unbranched alkanes of at least 4 members (excludes halogenated alkanes) is 1. The number of aliphatic carboxylic acids is 1. The van der Waals surface area contributed by atoms with E-state index in [1.54, 1.807) is 0 Å². The van der Waals surface area contributed by atoms with E-state index in [1.807, 2.05) is 37.4 Å². The van der Waals surface area contributed by atoms with Crippen LogP contribution in [0.3, 0.4) is 0 Å². The Morgan fingerprint density at radius 1 is 1.17 bits per heavy atom. The highest BCUT2D eigenvalue weighted by Gasteiger charge is 2.27. The van der Waals surface area contributed by atoms with Crippen molar-refractivity contribution >= 4 is 41.3 Å². The number of aromatic amines is 1. The Labute approximate surface area is 175 Å². The number of carboxylic acid groups (broad SMARTS) is 1. The molecule has 0 fully saturated rings. The van der Waals surface area contributed by atoms with E-state index in [1.165, 1.54) is 0 Å². The highest BCUT2D eigenvalue weighted by molar-refractivity contribution is 7.80. The molecule has 1 aromatic carbocycles. The van der Waals surface area contributed by atoms with Gasteiger partial charge in [0, 0.05) is 22.9 Å². The number of nitrogens with one attached hydrogen (secondary N) is 3. The van der Waals surface area contributed by atoms with Crippen molar-refractivity contribution in [2.45, 2.75) is 50.7 Å². The van der Waals surface area contributed by atoms with Crippen LogP contribution in [0.2, 0.25) is 0 Å². The third kappa shape index (κ3) is 6.23. The largest absolute Gasteiger partial charge is 0.480 e. The van der Waals surface area contributed by atoms with Crippen molar-refractivity contribution in [2.75, 3.05) is 5.75 Å². The second-order valence-electron chi connectivity index (χ2n) is 6.96. The van der Waals surface area contributed by atoms with Crippen LogP contribution < -0.4 is 16.4 Å². The number of aromatic nitrogens is 1. The van der Waals surface area contributed by atoms with Crippen LogP contribution in [-0.4, -0.2) is 51.8 Å². The summed E-state index contributed by atoms with van der Waals surface area (Å²) in [5.41, 5.74) is 7.96. The SMILES string of the molecule is CCCC[C@H](NC(=O)[C@@H](N)Cc1c[nH]c2ccccc12)C(=O)N[C@@H](CS)C(=O)O. The highest BCUT2D eigenvalue weighted by atomic mass is 32.1. The van der Waals surface area contributed by atoms with Crippen LogP contribution in [0.4, 0.5) is 0 Å². The van der Waals surface area contributed by atoms with Crippen LogP contribution in [0.15, 0.2) is 30.5 Å². The second kappa shape index (κ2) is 10.9. The van der Waals surface area contributed by atoms with Crippen LogP contribution in [0, 0.1) is 0 Å². The first kappa shape index (κ1) is 22.8. The van der Waals surface area contributed by atoms with E-state index in [4.69, 9.17) is 10.8 Å². The van der Waals surface area contributed by atoms with Crippen molar-refractivity contribution in [3.63, 3.8) is 0 Å². The number of amides is 2. The number of fused-ring (bicyclic) bond motifs is 1. The van der Waals surface area contributed by atoms with E-state index in [0.29, 0.717) is 19.3 Å². The Hall–Kier alpha value is -2.52. The first-order chi connectivity index (χ1) is 13.9. The number of hydrogen-bond acceptors (Lipinski definition) is 5. The highest BCUT2D eigenvalue weighted by Crippen LogP contribution is 2.18. The summed E-state index contributed by atoms with van der Waals surface area (Å²) in [4.78, 5) is 39.4. The van der Waals surface area contributed by atoms with Crippen molar-refractivity contribution in [1.82, 2.24) is 15.6 Å². The van der Waals surface area contributed by atoms with Crippen molar-refractivity contribution in [1.29, 1.82) is 0 Å². The maximum atomic E-state index is 12.6. The quantitative estimate of drug-likeness (QED) is 0.304. The average molecular weight is 421 g/mol. The molecule has 3 atom stereocenters. The molecule has 158 valence electrons. The van der Waals surface area contributed by atoms with Crippen LogP contribution in [-0.2, 0) is 20.8 Å². The standard InChI is InChI=1S/C20H28N4O4S/c1-2-3-7-16(19(26)24-17(11-29)20(27)28)23-18(25)14(21)9-12-10-22-15-8-5-4-6-13(12)15/h4-6,8,10,14,16-17,22,29H,2-3,7,9,11,21H2,1H3,(H,23,25)(H,24,26)(H,27,28)/t14-,16-,17-/m0/s1. The fourth-order valence-electron chi connectivity index (χ4n) is 3.04. The smallest absolute Gasteiger partial charge is 0.327 e. The maximum Gasteiger partial charge on any atom is 0.327 e. The Bertz CT molecular complexity index is 854. The van der Waals surface area contributed by atoms with Gasteiger partial charge < -0.3 is 26.5 Å². The number of rotatable bonds is 11. The monoisotopic (exact) mass is 420 g/mol. The van der Waals surface area contributed by atoms with Gasteiger partial charge in [-0.3, -0.25) is 9.59 Å². The van der Waals surface area contributed by atoms with Crippen LogP contribution in [0.1, 0.15) is 31.7 Å². The van der Waals surface area contributed by atoms with Gasteiger partial charge >= 0.3 is 5.97 Å². The molecule has 8 nitrogen and oxygen atoms in total. The summed E-state index contributed by atoms with van der Waals surface area (Å²) < 4.78 is 0. The minimum atomic E-state index is -1.18. The summed E-state index contributed by atoms with van der Waals surface area (Å²) in [6.07, 6.45) is 4.06. The van der Waals surface area contributed by atoms with Crippen molar-refractivity contribution < 1.29 is 19.5 Å². The van der Waals surface area contributed by atoms with Gasteiger partial charge in [-0.05, 0) is 24.5 Å². The van der Waals surface area contributed by atoms with E-state index in [-0.39, 0.29) is 5.75 Å². The van der Waals surface area contributed by atoms with E-state index >= 15 is 0 Å². The lowest BCUT2D eigenvalue weighted by Crippen LogP contribution is -2.55. The van der Waals surface area contributed by atoms with Gasteiger partial charge in [0.05, 0.1) is 6.04 Å². The topological polar surface area (TPSA) is 137 Å². The molecule has 0 aliphatic carbocycles.